The topological polar surface area (TPSA) is 26.3 Å². The molecule has 2 heteroatoms. The van der Waals surface area contributed by atoms with E-state index in [9.17, 15) is 4.79 Å². The van der Waals surface area contributed by atoms with Crippen LogP contribution in [0.4, 0.5) is 0 Å². The Balaban J connectivity index is 0.993. The maximum atomic E-state index is 12.3. The van der Waals surface area contributed by atoms with E-state index in [0.717, 1.165) is 42.4 Å². The van der Waals surface area contributed by atoms with Gasteiger partial charge >= 0.3 is 5.97 Å². The van der Waals surface area contributed by atoms with Crippen LogP contribution in [-0.4, -0.2) is 5.97 Å². The second-order valence-electron chi connectivity index (χ2n) is 15.2. The Hall–Kier alpha value is -1.23. The lowest BCUT2D eigenvalue weighted by atomic mass is 9.50. The molecule has 0 N–H and O–H groups in total. The fraction of sp³-hybridized carbons (Fsp3) is 0.875. The molecule has 0 aromatic carbocycles. The van der Waals surface area contributed by atoms with E-state index in [1.54, 1.807) is 0 Å². The van der Waals surface area contributed by atoms with Crippen LogP contribution >= 0.6 is 0 Å². The SMILES string of the molecule is CCCCCCCCCCCCCCCCCCCC(=O)OC#C[C@@H]1CC[C@H]2[C@@H]3CCC4CC=CC[C@@H]4[C@H]3CC[C@]12C. The number of ether oxygens (including phenoxy) is 1. The predicted octanol–water partition coefficient (Wildman–Crippen LogP) is 12.0. The molecule has 0 spiro atoms. The summed E-state index contributed by atoms with van der Waals surface area (Å²) in [6.07, 6.45) is 42.2. The molecular weight excluding hydrogens is 512 g/mol. The van der Waals surface area contributed by atoms with Crippen molar-refractivity contribution in [2.24, 2.45) is 40.9 Å². The van der Waals surface area contributed by atoms with Gasteiger partial charge in [0.05, 0.1) is 0 Å². The van der Waals surface area contributed by atoms with Crippen LogP contribution in [0.3, 0.4) is 0 Å². The first kappa shape index (κ1) is 33.7. The summed E-state index contributed by atoms with van der Waals surface area (Å²) >= 11 is 0. The third-order valence-electron chi connectivity index (χ3n) is 12.4. The average molecular weight is 579 g/mol. The lowest BCUT2D eigenvalue weighted by molar-refractivity contribution is -0.137. The van der Waals surface area contributed by atoms with Gasteiger partial charge in [-0.25, -0.2) is 0 Å². The average Bonchev–Trinajstić information content (AvgIpc) is 3.34. The minimum Gasteiger partial charge on any atom is -0.372 e. The molecular formula is C40H66O2. The van der Waals surface area contributed by atoms with E-state index in [-0.39, 0.29) is 5.97 Å². The van der Waals surface area contributed by atoms with Gasteiger partial charge in [-0.05, 0) is 92.8 Å². The van der Waals surface area contributed by atoms with Gasteiger partial charge in [-0.2, -0.15) is 0 Å². The lowest BCUT2D eigenvalue weighted by Crippen LogP contribution is -2.47. The van der Waals surface area contributed by atoms with Crippen LogP contribution in [0.1, 0.15) is 181 Å². The molecule has 238 valence electrons. The number of carbonyl (C=O) groups is 1. The Morgan fingerprint density at radius 2 is 1.29 bits per heavy atom. The monoisotopic (exact) mass is 579 g/mol. The molecule has 4 aliphatic carbocycles. The van der Waals surface area contributed by atoms with Crippen molar-refractivity contribution in [3.05, 3.63) is 12.2 Å². The van der Waals surface area contributed by atoms with E-state index >= 15 is 0 Å². The minimum atomic E-state index is -0.115. The smallest absolute Gasteiger partial charge is 0.319 e. The second-order valence-corrected chi connectivity index (χ2v) is 15.2. The van der Waals surface area contributed by atoms with Crippen LogP contribution in [0, 0.1) is 52.9 Å². The number of fused-ring (bicyclic) bond motifs is 5. The number of hydrogen-bond donors (Lipinski definition) is 0. The van der Waals surface area contributed by atoms with Crippen molar-refractivity contribution in [1.82, 2.24) is 0 Å². The van der Waals surface area contributed by atoms with Crippen LogP contribution < -0.4 is 0 Å². The van der Waals surface area contributed by atoms with Gasteiger partial charge in [-0.15, -0.1) is 0 Å². The Bertz CT molecular complexity index is 863. The molecule has 3 fully saturated rings. The summed E-state index contributed by atoms with van der Waals surface area (Å²) in [6.45, 7) is 4.81. The lowest BCUT2D eigenvalue weighted by Gasteiger charge is -2.54. The van der Waals surface area contributed by atoms with E-state index in [4.69, 9.17) is 4.74 Å². The number of carbonyl (C=O) groups excluding carboxylic acids is 1. The first-order valence-electron chi connectivity index (χ1n) is 19.0. The highest BCUT2D eigenvalue weighted by Gasteiger charge is 2.56. The van der Waals surface area contributed by atoms with Crippen LogP contribution in [0.25, 0.3) is 0 Å². The molecule has 7 atom stereocenters. The standard InChI is InChI=1S/C40H66O2/c1-3-4-5-6-7-8-9-10-11-12-13-14-15-16-17-18-19-24-39(41)42-32-30-34-26-28-38-37-27-25-33-22-20-21-23-35(33)36(37)29-31-40(34,38)2/h20-21,33-38H,3-19,22-29,31H2,1-2H3/t33?,34-,35-,36+,37+,38-,40+/m0/s1. The normalized spacial score (nSPS) is 31.5. The summed E-state index contributed by atoms with van der Waals surface area (Å²) in [5.74, 6) is 8.32. The van der Waals surface area contributed by atoms with Gasteiger partial charge in [0.25, 0.3) is 0 Å². The van der Waals surface area contributed by atoms with E-state index in [2.05, 4.69) is 38.0 Å². The molecule has 42 heavy (non-hydrogen) atoms. The molecule has 0 aliphatic heterocycles. The maximum absolute atomic E-state index is 12.3. The Kier molecular flexibility index (Phi) is 14.9. The van der Waals surface area contributed by atoms with Crippen molar-refractivity contribution in [2.75, 3.05) is 0 Å². The van der Waals surface area contributed by atoms with Crippen LogP contribution in [0.15, 0.2) is 12.2 Å². The third kappa shape index (κ3) is 9.89. The first-order chi connectivity index (χ1) is 20.6. The number of unbranched alkanes of at least 4 members (excludes halogenated alkanes) is 16. The first-order valence-corrected chi connectivity index (χ1v) is 19.0. The summed E-state index contributed by atoms with van der Waals surface area (Å²) in [4.78, 5) is 12.3. The Morgan fingerprint density at radius 3 is 1.93 bits per heavy atom. The van der Waals surface area contributed by atoms with Gasteiger partial charge in [-0.1, -0.05) is 135 Å². The van der Waals surface area contributed by atoms with Crippen LogP contribution in [0.2, 0.25) is 0 Å². The van der Waals surface area contributed by atoms with Crippen molar-refractivity contribution in [3.8, 4) is 12.0 Å². The van der Waals surface area contributed by atoms with E-state index in [1.807, 2.05) is 0 Å². The number of esters is 1. The molecule has 4 rings (SSSR count). The minimum absolute atomic E-state index is 0.115. The zero-order valence-corrected chi connectivity index (χ0v) is 27.8. The molecule has 0 bridgehead atoms. The molecule has 0 heterocycles. The molecule has 0 radical (unpaired) electrons. The number of rotatable bonds is 18. The van der Waals surface area contributed by atoms with Crippen molar-refractivity contribution < 1.29 is 9.53 Å². The van der Waals surface area contributed by atoms with Crippen molar-refractivity contribution in [1.29, 1.82) is 0 Å². The molecule has 0 aromatic rings. The molecule has 4 aliphatic rings. The molecule has 0 amide bonds. The van der Waals surface area contributed by atoms with E-state index < -0.39 is 0 Å². The van der Waals surface area contributed by atoms with Crippen molar-refractivity contribution in [3.63, 3.8) is 0 Å². The zero-order chi connectivity index (χ0) is 29.5. The highest BCUT2D eigenvalue weighted by molar-refractivity contribution is 5.70. The van der Waals surface area contributed by atoms with Crippen molar-refractivity contribution >= 4 is 5.97 Å². The highest BCUT2D eigenvalue weighted by Crippen LogP contribution is 2.63. The largest absolute Gasteiger partial charge is 0.372 e. The van der Waals surface area contributed by atoms with E-state index in [1.165, 1.54) is 148 Å². The summed E-state index contributed by atoms with van der Waals surface area (Å²) in [6, 6.07) is 0. The molecule has 1 unspecified atom stereocenters. The van der Waals surface area contributed by atoms with Gasteiger partial charge in [0.1, 0.15) is 6.11 Å². The quantitative estimate of drug-likeness (QED) is 0.0699. The number of hydrogen-bond acceptors (Lipinski definition) is 2. The second kappa shape index (κ2) is 18.5. The predicted molar refractivity (Wildman–Crippen MR) is 178 cm³/mol. The van der Waals surface area contributed by atoms with Gasteiger partial charge in [0.2, 0.25) is 0 Å². The summed E-state index contributed by atoms with van der Waals surface area (Å²) in [7, 11) is 0. The molecule has 3 saturated carbocycles. The van der Waals surface area contributed by atoms with Gasteiger partial charge in [-0.3, -0.25) is 4.79 Å². The van der Waals surface area contributed by atoms with Crippen molar-refractivity contribution in [2.45, 2.75) is 181 Å². The fourth-order valence-corrected chi connectivity index (χ4v) is 9.86. The summed E-state index contributed by atoms with van der Waals surface area (Å²) < 4.78 is 5.43. The molecule has 0 saturated heterocycles. The Morgan fingerprint density at radius 1 is 0.690 bits per heavy atom. The summed E-state index contributed by atoms with van der Waals surface area (Å²) in [5, 5.41) is 0. The van der Waals surface area contributed by atoms with E-state index in [0.29, 0.717) is 17.8 Å². The van der Waals surface area contributed by atoms with Gasteiger partial charge < -0.3 is 4.74 Å². The molecule has 2 nitrogen and oxygen atoms in total. The fourth-order valence-electron chi connectivity index (χ4n) is 9.86. The summed E-state index contributed by atoms with van der Waals surface area (Å²) in [5.41, 5.74) is 0.325. The zero-order valence-electron chi connectivity index (χ0n) is 27.8. The number of allylic oxidation sites excluding steroid dienone is 2. The van der Waals surface area contributed by atoms with Gasteiger partial charge in [0.15, 0.2) is 0 Å². The maximum Gasteiger partial charge on any atom is 0.319 e. The Labute approximate surface area is 261 Å². The highest BCUT2D eigenvalue weighted by atomic mass is 16.5. The van der Waals surface area contributed by atoms with Crippen LogP contribution in [-0.2, 0) is 9.53 Å². The molecule has 0 aromatic heterocycles. The van der Waals surface area contributed by atoms with Crippen LogP contribution in [0.5, 0.6) is 0 Å². The third-order valence-corrected chi connectivity index (χ3v) is 12.4. The van der Waals surface area contributed by atoms with Gasteiger partial charge in [0, 0.05) is 12.3 Å².